The van der Waals surface area contributed by atoms with E-state index in [4.69, 9.17) is 19.1 Å². The predicted octanol–water partition coefficient (Wildman–Crippen LogP) is 7.81. The van der Waals surface area contributed by atoms with Gasteiger partial charge in [-0.2, -0.15) is 25.3 Å². The lowest BCUT2D eigenvalue weighted by atomic mass is 9.72. The molecule has 0 bridgehead atoms. The van der Waals surface area contributed by atoms with E-state index in [2.05, 4.69) is 73.6 Å². The van der Waals surface area contributed by atoms with E-state index in [-0.39, 0.29) is 21.3 Å². The van der Waals surface area contributed by atoms with Crippen LogP contribution < -0.4 is 0 Å². The summed E-state index contributed by atoms with van der Waals surface area (Å²) < 4.78 is 0.179. The number of hydrogen-bond acceptors (Lipinski definition) is 4. The van der Waals surface area contributed by atoms with E-state index in [1.165, 1.54) is 12.0 Å². The summed E-state index contributed by atoms with van der Waals surface area (Å²) in [4.78, 5) is 0. The first-order chi connectivity index (χ1) is 11.9. The summed E-state index contributed by atoms with van der Waals surface area (Å²) in [6, 6.07) is 0. The minimum Gasteiger partial charge on any atom is -0.175 e. The van der Waals surface area contributed by atoms with Crippen molar-refractivity contribution in [2.45, 2.75) is 89.4 Å². The van der Waals surface area contributed by atoms with E-state index in [9.17, 15) is 0 Å². The standard InChI is InChI=1S/C22H40S4/c1-10-17(4)19(11-2)20(24)21(6,7)15-22(8,9)26-25-18(5)13-12-16(3)14-23/h2,17-20,23-24H,3,10,12-15H2,1,4-9H3. The molecule has 0 aliphatic carbocycles. The maximum Gasteiger partial charge on any atom is 0.0347 e. The third-order valence-electron chi connectivity index (χ3n) is 5.04. The highest BCUT2D eigenvalue weighted by Crippen LogP contribution is 2.48. The third kappa shape index (κ3) is 9.76. The maximum absolute atomic E-state index is 5.86. The maximum atomic E-state index is 5.86. The van der Waals surface area contributed by atoms with Crippen molar-refractivity contribution in [3.8, 4) is 12.3 Å². The summed E-state index contributed by atoms with van der Waals surface area (Å²) >= 11 is 9.29. The minimum absolute atomic E-state index is 0.0875. The van der Waals surface area contributed by atoms with Gasteiger partial charge in [0.15, 0.2) is 0 Å². The average Bonchev–Trinajstić information content (AvgIpc) is 2.57. The molecule has 152 valence electrons. The molecule has 0 amide bonds. The summed E-state index contributed by atoms with van der Waals surface area (Å²) in [7, 11) is 4.00. The van der Waals surface area contributed by atoms with Gasteiger partial charge in [-0.1, -0.05) is 74.8 Å². The summed E-state index contributed by atoms with van der Waals surface area (Å²) in [5.41, 5.74) is 1.32. The van der Waals surface area contributed by atoms with Crippen molar-refractivity contribution in [2.75, 3.05) is 5.75 Å². The Kier molecular flexibility index (Phi) is 12.6. The van der Waals surface area contributed by atoms with Crippen LogP contribution in [0, 0.1) is 29.6 Å². The van der Waals surface area contributed by atoms with Crippen molar-refractivity contribution in [2.24, 2.45) is 17.3 Å². The fourth-order valence-electron chi connectivity index (χ4n) is 3.28. The van der Waals surface area contributed by atoms with E-state index >= 15 is 0 Å². The second kappa shape index (κ2) is 12.3. The van der Waals surface area contributed by atoms with E-state index < -0.39 is 0 Å². The zero-order valence-corrected chi connectivity index (χ0v) is 21.3. The largest absolute Gasteiger partial charge is 0.175 e. The molecule has 0 nitrogen and oxygen atoms in total. The molecule has 4 unspecified atom stereocenters. The fraction of sp³-hybridized carbons (Fsp3) is 0.818. The van der Waals surface area contributed by atoms with Gasteiger partial charge in [0.2, 0.25) is 0 Å². The number of thiol groups is 2. The van der Waals surface area contributed by atoms with Crippen LogP contribution in [0.3, 0.4) is 0 Å². The second-order valence-electron chi connectivity index (χ2n) is 8.88. The molecule has 0 aliphatic rings. The molecule has 0 spiro atoms. The summed E-state index contributed by atoms with van der Waals surface area (Å²) in [5.74, 6) is 4.54. The molecular weight excluding hydrogens is 393 g/mol. The van der Waals surface area contributed by atoms with Gasteiger partial charge in [-0.3, -0.25) is 0 Å². The van der Waals surface area contributed by atoms with Crippen LogP contribution >= 0.6 is 46.8 Å². The molecule has 0 aromatic heterocycles. The smallest absolute Gasteiger partial charge is 0.0347 e. The van der Waals surface area contributed by atoms with Gasteiger partial charge < -0.3 is 0 Å². The minimum atomic E-state index is 0.0875. The van der Waals surface area contributed by atoms with Gasteiger partial charge in [0.1, 0.15) is 0 Å². The van der Waals surface area contributed by atoms with Crippen LogP contribution in [0.25, 0.3) is 0 Å². The Labute approximate surface area is 183 Å². The van der Waals surface area contributed by atoms with Crippen molar-refractivity contribution < 1.29 is 0 Å². The highest BCUT2D eigenvalue weighted by atomic mass is 33.1. The zero-order valence-electron chi connectivity index (χ0n) is 17.8. The molecule has 4 heteroatoms. The Morgan fingerprint density at radius 1 is 1.23 bits per heavy atom. The highest BCUT2D eigenvalue weighted by Gasteiger charge is 2.39. The van der Waals surface area contributed by atoms with Gasteiger partial charge >= 0.3 is 0 Å². The molecule has 0 radical (unpaired) electrons. The zero-order chi connectivity index (χ0) is 20.5. The third-order valence-corrected chi connectivity index (χ3v) is 10.4. The molecule has 0 saturated carbocycles. The van der Waals surface area contributed by atoms with Gasteiger partial charge in [-0.25, -0.2) is 0 Å². The Morgan fingerprint density at radius 3 is 2.27 bits per heavy atom. The molecule has 0 N–H and O–H groups in total. The van der Waals surface area contributed by atoms with Crippen LogP contribution in [-0.4, -0.2) is 21.0 Å². The Hall–Kier alpha value is 0.700. The fourth-order valence-corrected chi connectivity index (χ4v) is 6.72. The number of terminal acetylenes is 1. The molecule has 0 aliphatic heterocycles. The lowest BCUT2D eigenvalue weighted by molar-refractivity contribution is 0.235. The van der Waals surface area contributed by atoms with Gasteiger partial charge in [0.25, 0.3) is 0 Å². The van der Waals surface area contributed by atoms with Crippen LogP contribution in [0.15, 0.2) is 12.2 Å². The molecule has 0 saturated heterocycles. The Bertz CT molecular complexity index is 461. The number of hydrogen-bond donors (Lipinski definition) is 2. The normalized spacial score (nSPS) is 17.2. The molecule has 4 atom stereocenters. The second-order valence-corrected chi connectivity index (χ2v) is 13.1. The van der Waals surface area contributed by atoms with Crippen molar-refractivity contribution in [3.05, 3.63) is 12.2 Å². The Morgan fingerprint density at radius 2 is 1.81 bits per heavy atom. The monoisotopic (exact) mass is 432 g/mol. The Balaban J connectivity index is 4.74. The van der Waals surface area contributed by atoms with Crippen molar-refractivity contribution in [3.63, 3.8) is 0 Å². The van der Waals surface area contributed by atoms with Gasteiger partial charge in [-0.15, -0.1) is 12.3 Å². The molecule has 0 aromatic rings. The molecule has 0 heterocycles. The molecule has 26 heavy (non-hydrogen) atoms. The van der Waals surface area contributed by atoms with Crippen LogP contribution in [0.2, 0.25) is 0 Å². The lowest BCUT2D eigenvalue weighted by Crippen LogP contribution is -2.38. The molecule has 0 fully saturated rings. The summed E-state index contributed by atoms with van der Waals surface area (Å²) in [6.45, 7) is 20.2. The quantitative estimate of drug-likeness (QED) is 0.132. The van der Waals surface area contributed by atoms with Gasteiger partial charge in [0.05, 0.1) is 0 Å². The molecule has 0 aromatic carbocycles. The van der Waals surface area contributed by atoms with Crippen LogP contribution in [0.5, 0.6) is 0 Å². The summed E-state index contributed by atoms with van der Waals surface area (Å²) in [5, 5.41) is 0.827. The highest BCUT2D eigenvalue weighted by molar-refractivity contribution is 8.77. The number of rotatable bonds is 13. The van der Waals surface area contributed by atoms with Crippen LogP contribution in [0.4, 0.5) is 0 Å². The van der Waals surface area contributed by atoms with E-state index in [0.29, 0.717) is 11.2 Å². The van der Waals surface area contributed by atoms with Gasteiger partial charge in [0, 0.05) is 26.9 Å². The van der Waals surface area contributed by atoms with E-state index in [1.54, 1.807) is 0 Å². The first-order valence-corrected chi connectivity index (χ1v) is 13.0. The molecular formula is C22H40S4. The lowest BCUT2D eigenvalue weighted by Gasteiger charge is -2.41. The average molecular weight is 433 g/mol. The molecule has 0 rings (SSSR count). The van der Waals surface area contributed by atoms with Crippen molar-refractivity contribution in [1.29, 1.82) is 0 Å². The first-order valence-electron chi connectivity index (χ1n) is 9.66. The van der Waals surface area contributed by atoms with Crippen molar-refractivity contribution >= 4 is 46.8 Å². The topological polar surface area (TPSA) is 0 Å². The van der Waals surface area contributed by atoms with E-state index in [1.807, 2.05) is 21.6 Å². The van der Waals surface area contributed by atoms with Crippen LogP contribution in [-0.2, 0) is 0 Å². The first kappa shape index (κ1) is 26.7. The van der Waals surface area contributed by atoms with Gasteiger partial charge in [-0.05, 0) is 44.4 Å². The van der Waals surface area contributed by atoms with E-state index in [0.717, 1.165) is 25.0 Å². The summed E-state index contributed by atoms with van der Waals surface area (Å²) in [6.07, 6.45) is 10.3. The van der Waals surface area contributed by atoms with Crippen molar-refractivity contribution in [1.82, 2.24) is 0 Å². The van der Waals surface area contributed by atoms with Crippen LogP contribution in [0.1, 0.15) is 74.1 Å². The predicted molar refractivity (Wildman–Crippen MR) is 134 cm³/mol. The SMILES string of the molecule is C#CC(C(C)CC)C(S)C(C)(C)CC(C)(C)SSC(C)CCC(=C)CS.